The van der Waals surface area contributed by atoms with Gasteiger partial charge in [0.05, 0.1) is 0 Å². The summed E-state index contributed by atoms with van der Waals surface area (Å²) in [5.74, 6) is 0. The molecule has 0 aliphatic rings. The standard InChI is InChI=1S/2O.S.Ti.Y. The third kappa shape index (κ3) is 27.8. The van der Waals surface area contributed by atoms with Gasteiger partial charge in [0, 0.05) is 0 Å². The van der Waals surface area contributed by atoms with Gasteiger partial charge >= 0.3 is 62.0 Å². The van der Waals surface area contributed by atoms with Crippen LogP contribution in [0.5, 0.6) is 0 Å². The maximum absolute atomic E-state index is 8.50. The minimum absolute atomic E-state index is 0.933. The molecular weight excluding hydrogens is 201 g/mol. The Morgan fingerprint density at radius 1 is 1.40 bits per heavy atom. The van der Waals surface area contributed by atoms with E-state index in [1.165, 1.54) is 0 Å². The molecule has 0 rings (SSSR count). The fraction of sp³-hybridized carbons (Fsp3) is 0. The number of rotatable bonds is 0. The maximum atomic E-state index is 8.50. The summed E-state index contributed by atoms with van der Waals surface area (Å²) in [6.45, 7) is 0. The van der Waals surface area contributed by atoms with Crippen LogP contribution in [-0.4, -0.2) is 0 Å². The Labute approximate surface area is 61.0 Å². The molecule has 5 heteroatoms. The van der Waals surface area contributed by atoms with Crippen LogP contribution in [0.25, 0.3) is 0 Å². The van der Waals surface area contributed by atoms with Gasteiger partial charge in [-0.15, -0.1) is 0 Å². The molecule has 0 fully saturated rings. The third-order valence-corrected chi connectivity index (χ3v) is 0. The van der Waals surface area contributed by atoms with Crippen molar-refractivity contribution in [3.05, 3.63) is 0 Å². The summed E-state index contributed by atoms with van der Waals surface area (Å²) in [5, 5.41) is 0. The zero-order chi connectivity index (χ0) is 4.71. The summed E-state index contributed by atoms with van der Waals surface area (Å²) in [6.07, 6.45) is 0. The molecule has 2 nitrogen and oxygen atoms in total. The van der Waals surface area contributed by atoms with Crippen molar-refractivity contribution in [2.75, 3.05) is 0 Å². The molecule has 0 spiro atoms. The molecule has 0 aromatic heterocycles. The zero-order valence-corrected chi connectivity index (χ0v) is 7.52. The van der Waals surface area contributed by atoms with E-state index in [1.54, 1.807) is 0 Å². The second-order valence-corrected chi connectivity index (χ2v) is 0.344. The van der Waals surface area contributed by atoms with E-state index in [4.69, 9.17) is 6.65 Å². The molecular formula is O2STiY. The van der Waals surface area contributed by atoms with Crippen LogP contribution in [0.2, 0.25) is 0 Å². The van der Waals surface area contributed by atoms with Gasteiger partial charge in [0.1, 0.15) is 0 Å². The summed E-state index contributed by atoms with van der Waals surface area (Å²) < 4.78 is 17.0. The average molecular weight is 201 g/mol. The molecule has 0 heterocycles. The molecule has 0 N–H and O–H groups in total. The predicted molar refractivity (Wildman–Crippen MR) is 8.96 cm³/mol. The Bertz CT molecular complexity index is 38.9. The van der Waals surface area contributed by atoms with Crippen molar-refractivity contribution in [1.29, 1.82) is 0 Å². The summed E-state index contributed by atoms with van der Waals surface area (Å²) >= 11 is -1.07. The van der Waals surface area contributed by atoms with Crippen LogP contribution >= 0.6 is 7.60 Å². The molecule has 25 valence electrons. The van der Waals surface area contributed by atoms with Crippen LogP contribution in [0, 0.1) is 0 Å². The van der Waals surface area contributed by atoms with Gasteiger partial charge in [-0.05, 0) is 0 Å². The van der Waals surface area contributed by atoms with Crippen LogP contribution < -0.4 is 0 Å². The second kappa shape index (κ2) is 17.4. The van der Waals surface area contributed by atoms with Crippen LogP contribution in [0.1, 0.15) is 0 Å². The van der Waals surface area contributed by atoms with E-state index in [0.29, 0.717) is 0 Å². The van der Waals surface area contributed by atoms with Gasteiger partial charge in [0.25, 0.3) is 0 Å². The van der Waals surface area contributed by atoms with Crippen molar-refractivity contribution in [2.24, 2.45) is 0 Å². The molecule has 0 radical (unpaired) electrons. The number of hydrogen-bond donors (Lipinski definition) is 0. The SMILES string of the molecule is [O]=[Ti]=[O].[S]=[Y]. The Morgan fingerprint density at radius 2 is 1.40 bits per heavy atom. The Morgan fingerprint density at radius 3 is 1.40 bits per heavy atom. The normalized spacial score (nSPS) is 2.80. The molecule has 0 atom stereocenters. The van der Waals surface area contributed by atoms with E-state index >= 15 is 0 Å². The predicted octanol–water partition coefficient (Wildman–Crippen LogP) is 0.406. The molecule has 0 aromatic carbocycles. The van der Waals surface area contributed by atoms with Crippen molar-refractivity contribution >= 4 is 7.60 Å². The van der Waals surface area contributed by atoms with Gasteiger partial charge in [-0.3, -0.25) is 0 Å². The molecule has 0 aromatic rings. The van der Waals surface area contributed by atoms with E-state index in [2.05, 4.69) is 7.60 Å². The van der Waals surface area contributed by atoms with E-state index < -0.39 is 19.1 Å². The molecule has 0 aliphatic heterocycles. The molecule has 0 amide bonds. The fourth-order valence-electron chi connectivity index (χ4n) is 0. The second-order valence-electron chi connectivity index (χ2n) is 0.0833. The Kier molecular flexibility index (Phi) is 34.2. The van der Waals surface area contributed by atoms with Crippen molar-refractivity contribution in [1.82, 2.24) is 0 Å². The Balaban J connectivity index is 0. The van der Waals surface area contributed by atoms with Gasteiger partial charge in [-0.2, -0.15) is 0 Å². The molecule has 0 saturated carbocycles. The van der Waals surface area contributed by atoms with E-state index in [1.807, 2.05) is 0 Å². The summed E-state index contributed by atoms with van der Waals surface area (Å²) in [4.78, 5) is 0. The monoisotopic (exact) mass is 201 g/mol. The molecule has 5 heavy (non-hydrogen) atoms. The van der Waals surface area contributed by atoms with Gasteiger partial charge < -0.3 is 0 Å². The first kappa shape index (κ1) is 9.81. The van der Waals surface area contributed by atoms with Crippen LogP contribution in [0.4, 0.5) is 0 Å². The van der Waals surface area contributed by atoms with Gasteiger partial charge in [-0.1, -0.05) is 0 Å². The third-order valence-electron chi connectivity index (χ3n) is 0. The van der Waals surface area contributed by atoms with Gasteiger partial charge in [0.15, 0.2) is 0 Å². The quantitative estimate of drug-likeness (QED) is 0.532. The van der Waals surface area contributed by atoms with Gasteiger partial charge in [0.2, 0.25) is 0 Å². The molecule has 0 bridgehead atoms. The van der Waals surface area contributed by atoms with Crippen molar-refractivity contribution in [3.8, 4) is 0 Å². The van der Waals surface area contributed by atoms with Crippen LogP contribution in [-0.2, 0) is 54.4 Å². The summed E-state index contributed by atoms with van der Waals surface area (Å²) in [5.41, 5.74) is 0. The van der Waals surface area contributed by atoms with Gasteiger partial charge in [-0.25, -0.2) is 0 Å². The summed E-state index contributed by atoms with van der Waals surface area (Å²) in [7, 11) is 4.21. The summed E-state index contributed by atoms with van der Waals surface area (Å²) in [6, 6.07) is 0. The van der Waals surface area contributed by atoms with Crippen LogP contribution in [0.15, 0.2) is 0 Å². The Hall–Kier alpha value is 1.64. The first-order chi connectivity index (χ1) is 2.41. The van der Waals surface area contributed by atoms with Crippen molar-refractivity contribution in [2.45, 2.75) is 0 Å². The first-order valence-corrected chi connectivity index (χ1v) is 5.87. The average Bonchev–Trinajstić information content (AvgIpc) is 1.46. The van der Waals surface area contributed by atoms with E-state index in [9.17, 15) is 0 Å². The topological polar surface area (TPSA) is 34.1 Å². The van der Waals surface area contributed by atoms with Crippen molar-refractivity contribution < 1.29 is 54.4 Å². The minimum atomic E-state index is -2.00. The molecule has 0 unspecified atom stereocenters. The zero-order valence-electron chi connectivity index (χ0n) is 2.30. The number of hydrogen-bond acceptors (Lipinski definition) is 3. The van der Waals surface area contributed by atoms with Crippen LogP contribution in [0.3, 0.4) is 0 Å². The first-order valence-electron chi connectivity index (χ1n) is 0.644. The molecule has 0 saturated heterocycles. The molecule has 0 aliphatic carbocycles. The fourth-order valence-corrected chi connectivity index (χ4v) is 0. The van der Waals surface area contributed by atoms with Crippen molar-refractivity contribution in [3.63, 3.8) is 0 Å². The van der Waals surface area contributed by atoms with E-state index in [-0.39, 0.29) is 0 Å². The van der Waals surface area contributed by atoms with E-state index in [0.717, 1.165) is 28.7 Å².